The first-order chi connectivity index (χ1) is 8.98. The highest BCUT2D eigenvalue weighted by molar-refractivity contribution is 8.13. The van der Waals surface area contributed by atoms with E-state index in [0.29, 0.717) is 0 Å². The average Bonchev–Trinajstić information content (AvgIpc) is 2.41. The van der Waals surface area contributed by atoms with Crippen LogP contribution >= 0.6 is 11.8 Å². The number of hydrogen-bond acceptors (Lipinski definition) is 4. The van der Waals surface area contributed by atoms with Crippen molar-refractivity contribution in [2.75, 3.05) is 25.4 Å². The summed E-state index contributed by atoms with van der Waals surface area (Å²) in [6.07, 6.45) is 3.54. The topological polar surface area (TPSA) is 44.7 Å². The van der Waals surface area contributed by atoms with Crippen LogP contribution in [-0.4, -0.2) is 47.4 Å². The Balaban J connectivity index is 1.85. The molecule has 0 radical (unpaired) electrons. The van der Waals surface area contributed by atoms with Crippen LogP contribution in [0.15, 0.2) is 4.99 Å². The van der Waals surface area contributed by atoms with Gasteiger partial charge in [-0.15, -0.1) is 0 Å². The SMILES string of the molecule is CC(NC1=NCC(C)(C)CS1)C(=O)N1CCCCC1. The summed E-state index contributed by atoms with van der Waals surface area (Å²) < 4.78 is 0. The van der Waals surface area contributed by atoms with Gasteiger partial charge in [0, 0.05) is 25.4 Å². The zero-order valence-electron chi connectivity index (χ0n) is 12.2. The highest BCUT2D eigenvalue weighted by Crippen LogP contribution is 2.27. The summed E-state index contributed by atoms with van der Waals surface area (Å²) in [5.74, 6) is 1.27. The Morgan fingerprint density at radius 2 is 2.05 bits per heavy atom. The lowest BCUT2D eigenvalue weighted by atomic mass is 9.97. The molecule has 108 valence electrons. The van der Waals surface area contributed by atoms with Crippen LogP contribution in [0, 0.1) is 5.41 Å². The molecule has 2 rings (SSSR count). The van der Waals surface area contributed by atoms with Gasteiger partial charge in [0.15, 0.2) is 5.17 Å². The van der Waals surface area contributed by atoms with E-state index in [9.17, 15) is 4.79 Å². The van der Waals surface area contributed by atoms with Gasteiger partial charge in [0.05, 0.1) is 0 Å². The van der Waals surface area contributed by atoms with E-state index >= 15 is 0 Å². The van der Waals surface area contributed by atoms with E-state index in [4.69, 9.17) is 0 Å². The number of hydrogen-bond donors (Lipinski definition) is 1. The van der Waals surface area contributed by atoms with Crippen LogP contribution < -0.4 is 5.32 Å². The van der Waals surface area contributed by atoms with Gasteiger partial charge >= 0.3 is 0 Å². The Morgan fingerprint density at radius 3 is 2.63 bits per heavy atom. The van der Waals surface area contributed by atoms with Crippen LogP contribution in [0.1, 0.15) is 40.0 Å². The molecule has 4 nitrogen and oxygen atoms in total. The molecule has 2 aliphatic heterocycles. The number of likely N-dealkylation sites (tertiary alicyclic amines) is 1. The third-order valence-electron chi connectivity index (χ3n) is 3.63. The van der Waals surface area contributed by atoms with Crippen LogP contribution in [0.3, 0.4) is 0 Å². The van der Waals surface area contributed by atoms with Gasteiger partial charge in [-0.05, 0) is 31.6 Å². The smallest absolute Gasteiger partial charge is 0.244 e. The minimum absolute atomic E-state index is 0.162. The number of amidine groups is 1. The predicted octanol–water partition coefficient (Wildman–Crippen LogP) is 2.11. The molecular weight excluding hydrogens is 258 g/mol. The van der Waals surface area contributed by atoms with E-state index in [1.807, 2.05) is 11.8 Å². The molecule has 2 aliphatic rings. The lowest BCUT2D eigenvalue weighted by molar-refractivity contribution is -0.133. The van der Waals surface area contributed by atoms with Gasteiger partial charge in [-0.1, -0.05) is 25.6 Å². The molecule has 0 aromatic carbocycles. The van der Waals surface area contributed by atoms with Crippen molar-refractivity contribution in [2.45, 2.75) is 46.1 Å². The molecule has 0 aliphatic carbocycles. The summed E-state index contributed by atoms with van der Waals surface area (Å²) in [7, 11) is 0. The van der Waals surface area contributed by atoms with E-state index < -0.39 is 0 Å². The lowest BCUT2D eigenvalue weighted by Crippen LogP contribution is -2.48. The third kappa shape index (κ3) is 4.13. The van der Waals surface area contributed by atoms with E-state index in [-0.39, 0.29) is 17.4 Å². The maximum Gasteiger partial charge on any atom is 0.244 e. The first kappa shape index (κ1) is 14.7. The summed E-state index contributed by atoms with van der Waals surface area (Å²) in [6, 6.07) is -0.162. The zero-order chi connectivity index (χ0) is 13.9. The largest absolute Gasteiger partial charge is 0.353 e. The predicted molar refractivity (Wildman–Crippen MR) is 81.6 cm³/mol. The molecule has 2 heterocycles. The number of nitrogens with one attached hydrogen (secondary N) is 1. The van der Waals surface area contributed by atoms with Crippen molar-refractivity contribution in [1.29, 1.82) is 0 Å². The van der Waals surface area contributed by atoms with E-state index in [0.717, 1.165) is 43.4 Å². The first-order valence-electron chi connectivity index (χ1n) is 7.20. The monoisotopic (exact) mass is 283 g/mol. The van der Waals surface area contributed by atoms with Crippen LogP contribution in [0.2, 0.25) is 0 Å². The fourth-order valence-electron chi connectivity index (χ4n) is 2.36. The molecule has 0 aromatic heterocycles. The Morgan fingerprint density at radius 1 is 1.37 bits per heavy atom. The van der Waals surface area contributed by atoms with E-state index in [1.54, 1.807) is 11.8 Å². The van der Waals surface area contributed by atoms with Crippen molar-refractivity contribution in [3.63, 3.8) is 0 Å². The van der Waals surface area contributed by atoms with Gasteiger partial charge in [-0.2, -0.15) is 0 Å². The molecular formula is C14H25N3OS. The zero-order valence-corrected chi connectivity index (χ0v) is 13.1. The molecule has 1 fully saturated rings. The number of carbonyl (C=O) groups is 1. The van der Waals surface area contributed by atoms with Crippen molar-refractivity contribution >= 4 is 22.8 Å². The number of carbonyl (C=O) groups excluding carboxylic acids is 1. The summed E-state index contributed by atoms with van der Waals surface area (Å²) in [5, 5.41) is 4.20. The molecule has 0 bridgehead atoms. The second-order valence-corrected chi connectivity index (χ2v) is 7.29. The quantitative estimate of drug-likeness (QED) is 0.844. The Hall–Kier alpha value is -0.710. The Kier molecular flexibility index (Phi) is 4.76. The molecule has 1 N–H and O–H groups in total. The molecule has 19 heavy (non-hydrogen) atoms. The second-order valence-electron chi connectivity index (χ2n) is 6.33. The van der Waals surface area contributed by atoms with Crippen LogP contribution in [0.4, 0.5) is 0 Å². The van der Waals surface area contributed by atoms with Crippen molar-refractivity contribution in [1.82, 2.24) is 10.2 Å². The highest BCUT2D eigenvalue weighted by atomic mass is 32.2. The minimum Gasteiger partial charge on any atom is -0.353 e. The number of rotatable bonds is 2. The van der Waals surface area contributed by atoms with E-state index in [2.05, 4.69) is 24.2 Å². The van der Waals surface area contributed by atoms with Gasteiger partial charge in [-0.3, -0.25) is 9.79 Å². The maximum atomic E-state index is 12.3. The van der Waals surface area contributed by atoms with Crippen molar-refractivity contribution in [3.05, 3.63) is 0 Å². The molecule has 1 saturated heterocycles. The van der Waals surface area contributed by atoms with Crippen molar-refractivity contribution < 1.29 is 4.79 Å². The molecule has 0 aromatic rings. The normalized spacial score (nSPS) is 24.6. The van der Waals surface area contributed by atoms with Gasteiger partial charge < -0.3 is 10.2 Å². The number of piperidine rings is 1. The van der Waals surface area contributed by atoms with Crippen molar-refractivity contribution in [3.8, 4) is 0 Å². The number of aliphatic imine (C=N–C) groups is 1. The van der Waals surface area contributed by atoms with Crippen LogP contribution in [-0.2, 0) is 4.79 Å². The molecule has 1 unspecified atom stereocenters. The molecule has 0 saturated carbocycles. The summed E-state index contributed by atoms with van der Waals surface area (Å²) in [6.45, 7) is 9.06. The van der Waals surface area contributed by atoms with Gasteiger partial charge in [0.1, 0.15) is 6.04 Å². The number of amides is 1. The fourth-order valence-corrected chi connectivity index (χ4v) is 3.40. The summed E-state index contributed by atoms with van der Waals surface area (Å²) in [5.41, 5.74) is 0.274. The number of thioether (sulfide) groups is 1. The average molecular weight is 283 g/mol. The second kappa shape index (κ2) is 6.16. The molecule has 0 spiro atoms. The standard InChI is InChI=1S/C14H25N3OS/c1-11(12(18)17-7-5-4-6-8-17)16-13-15-9-14(2,3)10-19-13/h11H,4-10H2,1-3H3,(H,15,16). The van der Waals surface area contributed by atoms with Crippen LogP contribution in [0.25, 0.3) is 0 Å². The maximum absolute atomic E-state index is 12.3. The van der Waals surface area contributed by atoms with Gasteiger partial charge in [0.2, 0.25) is 5.91 Å². The van der Waals surface area contributed by atoms with Crippen molar-refractivity contribution in [2.24, 2.45) is 10.4 Å². The molecule has 1 atom stereocenters. The van der Waals surface area contributed by atoms with Gasteiger partial charge in [0.25, 0.3) is 0 Å². The highest BCUT2D eigenvalue weighted by Gasteiger charge is 2.27. The Labute approximate surface area is 120 Å². The van der Waals surface area contributed by atoms with Crippen LogP contribution in [0.5, 0.6) is 0 Å². The summed E-state index contributed by atoms with van der Waals surface area (Å²) >= 11 is 1.73. The third-order valence-corrected chi connectivity index (χ3v) is 5.07. The molecule has 5 heteroatoms. The first-order valence-corrected chi connectivity index (χ1v) is 8.19. The van der Waals surface area contributed by atoms with Gasteiger partial charge in [-0.25, -0.2) is 0 Å². The minimum atomic E-state index is -0.162. The molecule has 1 amide bonds. The Bertz CT molecular complexity index is 362. The fraction of sp³-hybridized carbons (Fsp3) is 0.857. The summed E-state index contributed by atoms with van der Waals surface area (Å²) in [4.78, 5) is 18.8. The van der Waals surface area contributed by atoms with E-state index in [1.165, 1.54) is 6.42 Å². The number of nitrogens with zero attached hydrogens (tertiary/aromatic N) is 2. The lowest BCUT2D eigenvalue weighted by Gasteiger charge is -2.31.